The van der Waals surface area contributed by atoms with Crippen LogP contribution in [0.5, 0.6) is 0 Å². The van der Waals surface area contributed by atoms with E-state index in [1.807, 2.05) is 20.8 Å². The number of hydrogen-bond acceptors (Lipinski definition) is 7. The molecule has 2 aromatic rings. The molecular weight excluding hydrogens is 336 g/mol. The lowest BCUT2D eigenvalue weighted by Crippen LogP contribution is -2.41. The van der Waals surface area contributed by atoms with Gasteiger partial charge in [-0.25, -0.2) is 0 Å². The Morgan fingerprint density at radius 3 is 2.76 bits per heavy atom. The maximum absolute atomic E-state index is 9.36. The van der Waals surface area contributed by atoms with Crippen LogP contribution in [0.4, 0.5) is 5.88 Å². The zero-order valence-corrected chi connectivity index (χ0v) is 15.7. The predicted molar refractivity (Wildman–Crippen MR) is 97.9 cm³/mol. The molecule has 1 atom stereocenters. The van der Waals surface area contributed by atoms with Crippen molar-refractivity contribution in [3.05, 3.63) is 34.0 Å². The molecule has 6 nitrogen and oxygen atoms in total. The quantitative estimate of drug-likeness (QED) is 0.881. The molecule has 25 heavy (non-hydrogen) atoms. The molecule has 1 N–H and O–H groups in total. The van der Waals surface area contributed by atoms with E-state index >= 15 is 0 Å². The number of oxazole rings is 1. The normalized spacial score (nSPS) is 17.2. The summed E-state index contributed by atoms with van der Waals surface area (Å²) in [6.07, 6.45) is 0. The minimum Gasteiger partial charge on any atom is -0.423 e. The van der Waals surface area contributed by atoms with Gasteiger partial charge in [-0.2, -0.15) is 10.2 Å². The van der Waals surface area contributed by atoms with E-state index in [1.165, 1.54) is 4.88 Å². The molecule has 1 unspecified atom stereocenters. The average Bonchev–Trinajstić information content (AvgIpc) is 3.25. The minimum atomic E-state index is -0.233. The van der Waals surface area contributed by atoms with Crippen molar-refractivity contribution in [2.75, 3.05) is 38.2 Å². The minimum absolute atomic E-state index is 0.221. The lowest BCUT2D eigenvalue weighted by Gasteiger charge is -2.34. The number of thiophene rings is 1. The van der Waals surface area contributed by atoms with E-state index in [-0.39, 0.29) is 11.5 Å². The molecule has 0 radical (unpaired) electrons. The van der Waals surface area contributed by atoms with Crippen molar-refractivity contribution in [2.45, 2.75) is 32.2 Å². The summed E-state index contributed by atoms with van der Waals surface area (Å²) in [4.78, 5) is 8.04. The molecule has 0 saturated carbocycles. The smallest absolute Gasteiger partial charge is 0.232 e. The van der Waals surface area contributed by atoms with E-state index in [0.717, 1.165) is 26.3 Å². The third kappa shape index (κ3) is 4.21. The first kappa shape index (κ1) is 17.9. The number of anilines is 1. The fourth-order valence-corrected chi connectivity index (χ4v) is 3.67. The number of rotatable bonds is 5. The van der Waals surface area contributed by atoms with Crippen LogP contribution in [0.1, 0.15) is 43.3 Å². The fourth-order valence-electron chi connectivity index (χ4n) is 2.81. The molecule has 3 heterocycles. The Bertz CT molecular complexity index is 721. The molecule has 0 aromatic carbocycles. The lowest BCUT2D eigenvalue weighted by molar-refractivity contribution is 0.0193. The van der Waals surface area contributed by atoms with Crippen LogP contribution >= 0.6 is 11.3 Å². The monoisotopic (exact) mass is 360 g/mol. The highest BCUT2D eigenvalue weighted by Gasteiger charge is 2.26. The van der Waals surface area contributed by atoms with Crippen molar-refractivity contribution in [2.24, 2.45) is 0 Å². The van der Waals surface area contributed by atoms with E-state index in [9.17, 15) is 5.26 Å². The molecular formula is C18H24N4O2S. The Morgan fingerprint density at radius 1 is 1.40 bits per heavy atom. The van der Waals surface area contributed by atoms with E-state index in [0.29, 0.717) is 24.0 Å². The van der Waals surface area contributed by atoms with Crippen molar-refractivity contribution >= 4 is 17.2 Å². The number of ether oxygens (including phenoxy) is 1. The van der Waals surface area contributed by atoms with Gasteiger partial charge in [0, 0.05) is 29.9 Å². The van der Waals surface area contributed by atoms with Gasteiger partial charge in [-0.05, 0) is 11.4 Å². The molecule has 1 saturated heterocycles. The van der Waals surface area contributed by atoms with Gasteiger partial charge in [0.05, 0.1) is 19.3 Å². The Hall–Kier alpha value is -1.88. The number of nitrogens with zero attached hydrogens (tertiary/aromatic N) is 3. The summed E-state index contributed by atoms with van der Waals surface area (Å²) in [7, 11) is 0. The van der Waals surface area contributed by atoms with Gasteiger partial charge in [-0.15, -0.1) is 11.3 Å². The van der Waals surface area contributed by atoms with Crippen LogP contribution in [0.15, 0.2) is 21.9 Å². The van der Waals surface area contributed by atoms with E-state index < -0.39 is 0 Å². The molecule has 1 aliphatic rings. The summed E-state index contributed by atoms with van der Waals surface area (Å²) in [6.45, 7) is 10.0. The van der Waals surface area contributed by atoms with Crippen LogP contribution in [-0.4, -0.2) is 42.7 Å². The Kier molecular flexibility index (Phi) is 5.42. The standard InChI is InChI=1S/C18H24N4O2S/c1-18(2,3)17-21-13(11-19)16(24-17)20-12-14(15-5-4-10-25-15)22-6-8-23-9-7-22/h4-5,10,14,20H,6-9,12H2,1-3H3. The van der Waals surface area contributed by atoms with E-state index in [2.05, 4.69) is 38.8 Å². The van der Waals surface area contributed by atoms with Crippen molar-refractivity contribution in [1.82, 2.24) is 9.88 Å². The van der Waals surface area contributed by atoms with Crippen molar-refractivity contribution in [3.8, 4) is 6.07 Å². The number of aromatic nitrogens is 1. The number of nitriles is 1. The van der Waals surface area contributed by atoms with Gasteiger partial charge in [0.15, 0.2) is 0 Å². The van der Waals surface area contributed by atoms with Gasteiger partial charge >= 0.3 is 0 Å². The highest BCUT2D eigenvalue weighted by molar-refractivity contribution is 7.10. The van der Waals surface area contributed by atoms with Crippen LogP contribution in [-0.2, 0) is 10.2 Å². The van der Waals surface area contributed by atoms with Crippen LogP contribution in [0.25, 0.3) is 0 Å². The number of nitrogens with one attached hydrogen (secondary N) is 1. The van der Waals surface area contributed by atoms with E-state index in [4.69, 9.17) is 9.15 Å². The van der Waals surface area contributed by atoms with Crippen LogP contribution in [0.3, 0.4) is 0 Å². The average molecular weight is 360 g/mol. The maximum Gasteiger partial charge on any atom is 0.232 e. The topological polar surface area (TPSA) is 74.3 Å². The molecule has 3 rings (SSSR count). The van der Waals surface area contributed by atoms with Crippen LogP contribution in [0.2, 0.25) is 0 Å². The van der Waals surface area contributed by atoms with Gasteiger partial charge in [0.1, 0.15) is 6.07 Å². The van der Waals surface area contributed by atoms with Crippen LogP contribution in [0, 0.1) is 11.3 Å². The Labute approximate surface area is 152 Å². The maximum atomic E-state index is 9.36. The third-order valence-corrected chi connectivity index (χ3v) is 5.16. The van der Waals surface area contributed by atoms with Crippen molar-refractivity contribution < 1.29 is 9.15 Å². The summed E-state index contributed by atoms with van der Waals surface area (Å²) in [6, 6.07) is 6.57. The Morgan fingerprint density at radius 2 is 2.16 bits per heavy atom. The first-order valence-corrected chi connectivity index (χ1v) is 9.37. The van der Waals surface area contributed by atoms with Gasteiger partial charge < -0.3 is 14.5 Å². The zero-order chi connectivity index (χ0) is 17.9. The fraction of sp³-hybridized carbons (Fsp3) is 0.556. The Balaban J connectivity index is 1.77. The summed E-state index contributed by atoms with van der Waals surface area (Å²) in [5.74, 6) is 1.04. The van der Waals surface area contributed by atoms with Gasteiger partial charge in [-0.3, -0.25) is 4.90 Å². The second-order valence-electron chi connectivity index (χ2n) is 7.12. The van der Waals surface area contributed by atoms with Gasteiger partial charge in [-0.1, -0.05) is 26.8 Å². The second-order valence-corrected chi connectivity index (χ2v) is 8.10. The highest BCUT2D eigenvalue weighted by atomic mass is 32.1. The predicted octanol–water partition coefficient (Wildman–Crippen LogP) is 3.39. The van der Waals surface area contributed by atoms with Gasteiger partial charge in [0.25, 0.3) is 0 Å². The first-order chi connectivity index (χ1) is 12.0. The number of hydrogen-bond donors (Lipinski definition) is 1. The molecule has 2 aromatic heterocycles. The molecule has 1 aliphatic heterocycles. The van der Waals surface area contributed by atoms with Gasteiger partial charge in [0.2, 0.25) is 17.5 Å². The second kappa shape index (κ2) is 7.56. The summed E-state index contributed by atoms with van der Waals surface area (Å²) >= 11 is 1.75. The first-order valence-electron chi connectivity index (χ1n) is 8.49. The molecule has 0 aliphatic carbocycles. The van der Waals surface area contributed by atoms with Crippen molar-refractivity contribution in [1.29, 1.82) is 5.26 Å². The summed E-state index contributed by atoms with van der Waals surface area (Å²) in [5, 5.41) is 14.8. The molecule has 0 spiro atoms. The van der Waals surface area contributed by atoms with E-state index in [1.54, 1.807) is 11.3 Å². The molecule has 1 fully saturated rings. The lowest BCUT2D eigenvalue weighted by atomic mass is 9.97. The van der Waals surface area contributed by atoms with Crippen molar-refractivity contribution in [3.63, 3.8) is 0 Å². The summed E-state index contributed by atoms with van der Waals surface area (Å²) < 4.78 is 11.3. The SMILES string of the molecule is CC(C)(C)c1nc(C#N)c(NCC(c2cccs2)N2CCOCC2)o1. The molecule has 7 heteroatoms. The number of morpholine rings is 1. The molecule has 0 amide bonds. The zero-order valence-electron chi connectivity index (χ0n) is 14.9. The third-order valence-electron chi connectivity index (χ3n) is 4.19. The van der Waals surface area contributed by atoms with Crippen LogP contribution < -0.4 is 5.32 Å². The highest BCUT2D eigenvalue weighted by Crippen LogP contribution is 2.29. The molecule has 134 valence electrons. The summed E-state index contributed by atoms with van der Waals surface area (Å²) in [5.41, 5.74) is 0.0833. The molecule has 0 bridgehead atoms. The largest absolute Gasteiger partial charge is 0.423 e.